The molecule has 1 atom stereocenters. The number of carbonyl (C=O) groups excluding carboxylic acids is 1. The number of imidazole rings is 1. The molecule has 5 N–H and O–H groups in total. The van der Waals surface area contributed by atoms with E-state index in [0.717, 1.165) is 56.2 Å². The Labute approximate surface area is 429 Å². The van der Waals surface area contributed by atoms with Crippen molar-refractivity contribution in [3.63, 3.8) is 0 Å². The number of hydrogen-bond acceptors (Lipinski definition) is 11. The molecule has 0 aliphatic carbocycles. The first-order valence-electron chi connectivity index (χ1n) is 22.7. The quantitative estimate of drug-likeness (QED) is 0.112. The van der Waals surface area contributed by atoms with Crippen LogP contribution in [-0.4, -0.2) is 57.9 Å². The second-order valence-electron chi connectivity index (χ2n) is 15.8. The standard InChI is InChI=1S/C25H19N3O.C16H13N3.C12H16O2.C4H3Br2N3/c29-25-21(16-18-10-4-1-5-11-18)27-24-23(20-14-8-3-9-15-20)26-22(17-28(24)25)19-12-6-2-7-13-19;17-16-15(13-9-5-2-6-10-13)19-14(11-18-16)12-7-3-1-4-8-12;1-3-14-10(2)12(13)9-11-7-5-4-6-8-11;5-2-1-8-4(7)3(6)9-2/h1-15,17,29H,16H2;1-11H,(H2,17,18);4-8,10H,3,9H2,1-2H3;1H,(H2,7,8). The van der Waals surface area contributed by atoms with E-state index in [4.69, 9.17) is 26.2 Å². The number of halogens is 2. The van der Waals surface area contributed by atoms with Crippen LogP contribution in [0.5, 0.6) is 5.88 Å². The number of aromatic hydroxyl groups is 1. The Morgan fingerprint density at radius 3 is 1.58 bits per heavy atom. The molecule has 6 aromatic carbocycles. The van der Waals surface area contributed by atoms with Gasteiger partial charge in [-0.2, -0.15) is 0 Å². The highest BCUT2D eigenvalue weighted by molar-refractivity contribution is 9.11. The summed E-state index contributed by atoms with van der Waals surface area (Å²) in [6.45, 7) is 4.28. The number of carbonyl (C=O) groups is 1. The Kier molecular flexibility index (Phi) is 18.4. The van der Waals surface area contributed by atoms with Crippen molar-refractivity contribution >= 4 is 54.9 Å². The molecule has 0 fully saturated rings. The Balaban J connectivity index is 0.000000152. The number of anilines is 2. The van der Waals surface area contributed by atoms with E-state index in [0.29, 0.717) is 51.6 Å². The van der Waals surface area contributed by atoms with E-state index in [-0.39, 0.29) is 17.8 Å². The van der Waals surface area contributed by atoms with Gasteiger partial charge in [0.1, 0.15) is 38.2 Å². The van der Waals surface area contributed by atoms with Gasteiger partial charge < -0.3 is 21.3 Å². The average molecular weight is 1070 g/mol. The van der Waals surface area contributed by atoms with E-state index in [1.807, 2.05) is 195 Å². The van der Waals surface area contributed by atoms with Crippen LogP contribution in [0.25, 0.3) is 50.7 Å². The van der Waals surface area contributed by atoms with Crippen molar-refractivity contribution in [2.45, 2.75) is 32.8 Å². The van der Waals surface area contributed by atoms with Gasteiger partial charge in [0.25, 0.3) is 0 Å². The molecule has 0 aliphatic heterocycles. The van der Waals surface area contributed by atoms with E-state index in [9.17, 15) is 9.90 Å². The van der Waals surface area contributed by atoms with Gasteiger partial charge in [0.05, 0.1) is 23.8 Å². The van der Waals surface area contributed by atoms with Crippen LogP contribution in [0.1, 0.15) is 30.7 Å². The second kappa shape index (κ2) is 25.6. The maximum atomic E-state index is 11.6. The van der Waals surface area contributed by atoms with Crippen molar-refractivity contribution in [1.29, 1.82) is 0 Å². The lowest BCUT2D eigenvalue weighted by Crippen LogP contribution is -2.22. The van der Waals surface area contributed by atoms with Crippen molar-refractivity contribution in [2.75, 3.05) is 18.1 Å². The molecule has 1 unspecified atom stereocenters. The molecule has 0 spiro atoms. The molecule has 4 aromatic heterocycles. The first-order chi connectivity index (χ1) is 34.6. The first-order valence-corrected chi connectivity index (χ1v) is 24.3. The molecule has 10 aromatic rings. The third kappa shape index (κ3) is 14.3. The van der Waals surface area contributed by atoms with Gasteiger partial charge in [-0.3, -0.25) is 9.20 Å². The minimum Gasteiger partial charge on any atom is -0.493 e. The number of ether oxygens (including phenoxy) is 1. The number of ketones is 1. The van der Waals surface area contributed by atoms with Crippen LogP contribution in [0.15, 0.2) is 210 Å². The van der Waals surface area contributed by atoms with Crippen LogP contribution in [0, 0.1) is 0 Å². The highest BCUT2D eigenvalue weighted by atomic mass is 79.9. The molecule has 0 aliphatic rings. The van der Waals surface area contributed by atoms with Gasteiger partial charge in [0.2, 0.25) is 5.88 Å². The zero-order valence-electron chi connectivity index (χ0n) is 39.1. The number of nitrogen functional groups attached to an aromatic ring is 2. The number of fused-ring (bicyclic) bond motifs is 1. The van der Waals surface area contributed by atoms with Gasteiger partial charge in [-0.05, 0) is 56.8 Å². The molecule has 356 valence electrons. The summed E-state index contributed by atoms with van der Waals surface area (Å²) in [5.74, 6) is 1.14. The van der Waals surface area contributed by atoms with E-state index in [1.165, 1.54) is 0 Å². The molecule has 0 radical (unpaired) electrons. The summed E-state index contributed by atoms with van der Waals surface area (Å²) in [6, 6.07) is 59.5. The minimum atomic E-state index is -0.291. The van der Waals surface area contributed by atoms with Crippen LogP contribution in [0.3, 0.4) is 0 Å². The summed E-state index contributed by atoms with van der Waals surface area (Å²) in [6.07, 6.45) is 5.83. The van der Waals surface area contributed by atoms with Crippen LogP contribution < -0.4 is 11.5 Å². The Hall–Kier alpha value is -7.91. The average Bonchev–Trinajstić information content (AvgIpc) is 3.73. The zero-order valence-corrected chi connectivity index (χ0v) is 42.2. The van der Waals surface area contributed by atoms with Gasteiger partial charge >= 0.3 is 0 Å². The number of hydrogen-bond donors (Lipinski definition) is 3. The van der Waals surface area contributed by atoms with Gasteiger partial charge in [0, 0.05) is 47.9 Å². The van der Waals surface area contributed by atoms with Crippen molar-refractivity contribution in [2.24, 2.45) is 0 Å². The largest absolute Gasteiger partial charge is 0.493 e. The summed E-state index contributed by atoms with van der Waals surface area (Å²) >= 11 is 6.25. The van der Waals surface area contributed by atoms with Crippen LogP contribution in [-0.2, 0) is 22.4 Å². The van der Waals surface area contributed by atoms with Crippen LogP contribution >= 0.6 is 31.9 Å². The summed E-state index contributed by atoms with van der Waals surface area (Å²) in [4.78, 5) is 37.8. The molecule has 0 bridgehead atoms. The molecule has 0 amide bonds. The van der Waals surface area contributed by atoms with E-state index in [1.54, 1.807) is 23.7 Å². The second-order valence-corrected chi connectivity index (χ2v) is 17.3. The molecular formula is C57H51Br2N9O3. The lowest BCUT2D eigenvalue weighted by Gasteiger charge is -2.09. The number of rotatable bonds is 11. The minimum absolute atomic E-state index is 0.137. The lowest BCUT2D eigenvalue weighted by molar-refractivity contribution is -0.128. The van der Waals surface area contributed by atoms with Crippen LogP contribution in [0.2, 0.25) is 0 Å². The zero-order chi connectivity index (χ0) is 50.0. The number of Topliss-reactive ketones (excluding diaryl/α,β-unsaturated/α-hetero) is 1. The van der Waals surface area contributed by atoms with E-state index < -0.39 is 0 Å². The maximum absolute atomic E-state index is 11.6. The normalized spacial score (nSPS) is 10.9. The molecule has 10 rings (SSSR count). The SMILES string of the molecule is CCOC(C)C(=O)Cc1ccccc1.Nc1ncc(-c2ccccc2)nc1-c1ccccc1.Nc1ncc(Br)nc1Br.Oc1c(Cc2ccccc2)nc2c(-c3ccccc3)nc(-c3ccccc3)cn12. The fraction of sp³-hybridized carbons (Fsp3) is 0.105. The number of benzene rings is 6. The lowest BCUT2D eigenvalue weighted by atomic mass is 10.1. The molecule has 14 heteroatoms. The Bertz CT molecular complexity index is 3250. The monoisotopic (exact) mass is 1070 g/mol. The fourth-order valence-electron chi connectivity index (χ4n) is 7.12. The third-order valence-electron chi connectivity index (χ3n) is 10.7. The summed E-state index contributed by atoms with van der Waals surface area (Å²) < 4.78 is 8.21. The van der Waals surface area contributed by atoms with Gasteiger partial charge in [0.15, 0.2) is 17.2 Å². The highest BCUT2D eigenvalue weighted by Crippen LogP contribution is 2.32. The topological polar surface area (TPSA) is 180 Å². The Morgan fingerprint density at radius 2 is 1.06 bits per heavy atom. The molecule has 0 saturated heterocycles. The van der Waals surface area contributed by atoms with E-state index >= 15 is 0 Å². The fourth-order valence-corrected chi connectivity index (χ4v) is 7.93. The summed E-state index contributed by atoms with van der Waals surface area (Å²) in [7, 11) is 0. The van der Waals surface area contributed by atoms with Crippen LogP contribution in [0.4, 0.5) is 11.6 Å². The van der Waals surface area contributed by atoms with Gasteiger partial charge in [-0.15, -0.1) is 0 Å². The maximum Gasteiger partial charge on any atom is 0.219 e. The van der Waals surface area contributed by atoms with Crippen molar-refractivity contribution in [3.8, 4) is 50.9 Å². The first kappa shape index (κ1) is 51.0. The predicted octanol–water partition coefficient (Wildman–Crippen LogP) is 12.6. The third-order valence-corrected chi connectivity index (χ3v) is 11.7. The molecule has 0 saturated carbocycles. The predicted molar refractivity (Wildman–Crippen MR) is 290 cm³/mol. The molecule has 71 heavy (non-hydrogen) atoms. The van der Waals surface area contributed by atoms with E-state index in [2.05, 4.69) is 51.8 Å². The smallest absolute Gasteiger partial charge is 0.219 e. The molecule has 12 nitrogen and oxygen atoms in total. The van der Waals surface area contributed by atoms with Crippen molar-refractivity contribution < 1.29 is 14.6 Å². The Morgan fingerprint density at radius 1 is 0.592 bits per heavy atom. The van der Waals surface area contributed by atoms with Crippen molar-refractivity contribution in [1.82, 2.24) is 34.3 Å². The van der Waals surface area contributed by atoms with Crippen molar-refractivity contribution in [3.05, 3.63) is 227 Å². The number of nitrogens with two attached hydrogens (primary N) is 2. The number of aromatic nitrogens is 7. The molecule has 4 heterocycles. The summed E-state index contributed by atoms with van der Waals surface area (Å²) in [5.41, 5.74) is 21.8. The van der Waals surface area contributed by atoms with Gasteiger partial charge in [-0.1, -0.05) is 182 Å². The number of nitrogens with zero attached hydrogens (tertiary/aromatic N) is 7. The van der Waals surface area contributed by atoms with Gasteiger partial charge in [-0.25, -0.2) is 29.9 Å². The summed E-state index contributed by atoms with van der Waals surface area (Å²) in [5, 5.41) is 11.0. The highest BCUT2D eigenvalue weighted by Gasteiger charge is 2.19. The molecular weight excluding hydrogens is 1020 g/mol.